The van der Waals surface area contributed by atoms with Crippen LogP contribution in [0.25, 0.3) is 0 Å². The largest absolute Gasteiger partial charge is 0.330 e. The lowest BCUT2D eigenvalue weighted by molar-refractivity contribution is 0.498. The number of nitrogens with one attached hydrogen (secondary N) is 1. The summed E-state index contributed by atoms with van der Waals surface area (Å²) in [5.74, 6) is 0. The molecule has 0 saturated heterocycles. The third-order valence-electron chi connectivity index (χ3n) is 2.93. The zero-order valence-electron chi connectivity index (χ0n) is 10.9. The van der Waals surface area contributed by atoms with Crippen LogP contribution in [-0.2, 0) is 20.6 Å². The van der Waals surface area contributed by atoms with Crippen LogP contribution in [0.15, 0.2) is 15.8 Å². The van der Waals surface area contributed by atoms with Gasteiger partial charge in [0.1, 0.15) is 0 Å². The van der Waals surface area contributed by atoms with Crippen LogP contribution in [0.4, 0.5) is 0 Å². The van der Waals surface area contributed by atoms with E-state index in [-0.39, 0.29) is 17.3 Å². The van der Waals surface area contributed by atoms with Crippen molar-refractivity contribution in [3.05, 3.63) is 32.6 Å². The Bertz CT molecular complexity index is 565. The molecule has 0 amide bonds. The van der Waals surface area contributed by atoms with Crippen molar-refractivity contribution in [1.29, 1.82) is 5.26 Å². The van der Waals surface area contributed by atoms with Crippen LogP contribution in [0.5, 0.6) is 0 Å². The third kappa shape index (κ3) is 3.08. The number of aromatic nitrogens is 2. The molecule has 1 atom stereocenters. The molecule has 0 aliphatic rings. The molecule has 0 aliphatic carbocycles. The van der Waals surface area contributed by atoms with Crippen molar-refractivity contribution < 1.29 is 0 Å². The molecule has 6 heteroatoms. The van der Waals surface area contributed by atoms with Gasteiger partial charge in [0.05, 0.1) is 12.5 Å². The Labute approximate surface area is 105 Å². The predicted octanol–water partition coefficient (Wildman–Crippen LogP) is -0.134. The molecule has 6 nitrogen and oxygen atoms in total. The van der Waals surface area contributed by atoms with Crippen LogP contribution in [0, 0.1) is 11.3 Å². The molecule has 0 bridgehead atoms. The third-order valence-corrected chi connectivity index (χ3v) is 2.93. The highest BCUT2D eigenvalue weighted by molar-refractivity contribution is 5.05. The van der Waals surface area contributed by atoms with Crippen LogP contribution >= 0.6 is 0 Å². The summed E-state index contributed by atoms with van der Waals surface area (Å²) in [7, 11) is 3.07. The number of aryl methyl sites for hydroxylation is 1. The molecule has 1 heterocycles. The lowest BCUT2D eigenvalue weighted by Gasteiger charge is -2.14. The number of hydrogen-bond acceptors (Lipinski definition) is 4. The van der Waals surface area contributed by atoms with Gasteiger partial charge >= 0.3 is 5.69 Å². The van der Waals surface area contributed by atoms with E-state index in [0.717, 1.165) is 11.0 Å². The molecule has 98 valence electrons. The second-order valence-corrected chi connectivity index (χ2v) is 4.26. The summed E-state index contributed by atoms with van der Waals surface area (Å²) < 4.78 is 2.46. The fourth-order valence-electron chi connectivity index (χ4n) is 1.73. The van der Waals surface area contributed by atoms with E-state index >= 15 is 0 Å². The zero-order valence-corrected chi connectivity index (χ0v) is 10.9. The summed E-state index contributed by atoms with van der Waals surface area (Å²) in [6.07, 6.45) is 2.76. The smallest absolute Gasteiger partial charge is 0.309 e. The summed E-state index contributed by atoms with van der Waals surface area (Å²) in [5.41, 5.74) is -0.110. The van der Waals surface area contributed by atoms with Gasteiger partial charge in [-0.15, -0.1) is 0 Å². The van der Waals surface area contributed by atoms with Crippen molar-refractivity contribution in [2.24, 2.45) is 14.1 Å². The zero-order chi connectivity index (χ0) is 13.7. The highest BCUT2D eigenvalue weighted by atomic mass is 16.2. The lowest BCUT2D eigenvalue weighted by Crippen LogP contribution is -2.40. The molecule has 0 saturated carbocycles. The van der Waals surface area contributed by atoms with Gasteiger partial charge in [-0.25, -0.2) is 4.79 Å². The molecule has 18 heavy (non-hydrogen) atoms. The van der Waals surface area contributed by atoms with Crippen molar-refractivity contribution in [1.82, 2.24) is 14.5 Å². The van der Waals surface area contributed by atoms with Crippen molar-refractivity contribution in [2.75, 3.05) is 0 Å². The Balaban J connectivity index is 2.90. The number of rotatable bonds is 5. The SMILES string of the molecule is CCC(CC#N)NCc1cn(C)c(=O)n(C)c1=O. The van der Waals surface area contributed by atoms with Crippen molar-refractivity contribution >= 4 is 0 Å². The maximum atomic E-state index is 11.8. The van der Waals surface area contributed by atoms with Gasteiger partial charge in [0.2, 0.25) is 0 Å². The predicted molar refractivity (Wildman–Crippen MR) is 68.1 cm³/mol. The van der Waals surface area contributed by atoms with Gasteiger partial charge in [-0.05, 0) is 6.42 Å². The fraction of sp³-hybridized carbons (Fsp3) is 0.583. The minimum atomic E-state index is -0.340. The molecule has 0 aromatic carbocycles. The Morgan fingerprint density at radius 3 is 2.67 bits per heavy atom. The molecule has 0 spiro atoms. The first-order valence-corrected chi connectivity index (χ1v) is 5.87. The van der Waals surface area contributed by atoms with E-state index in [4.69, 9.17) is 5.26 Å². The molecule has 0 fully saturated rings. The summed E-state index contributed by atoms with van der Waals surface area (Å²) in [4.78, 5) is 23.3. The van der Waals surface area contributed by atoms with Gasteiger partial charge in [0.15, 0.2) is 0 Å². The van der Waals surface area contributed by atoms with Crippen LogP contribution in [0.2, 0.25) is 0 Å². The molecule has 1 N–H and O–H groups in total. The van der Waals surface area contributed by atoms with Crippen LogP contribution in [0.3, 0.4) is 0 Å². The summed E-state index contributed by atoms with van der Waals surface area (Å²) in [6, 6.07) is 2.17. The first kappa shape index (κ1) is 14.2. The Kier molecular flexibility index (Phi) is 4.86. The maximum absolute atomic E-state index is 11.8. The van der Waals surface area contributed by atoms with Crippen LogP contribution in [-0.4, -0.2) is 15.2 Å². The molecule has 1 aromatic heterocycles. The summed E-state index contributed by atoms with van der Waals surface area (Å²) in [6.45, 7) is 2.34. The minimum absolute atomic E-state index is 0.0666. The van der Waals surface area contributed by atoms with E-state index in [0.29, 0.717) is 18.5 Å². The molecule has 1 unspecified atom stereocenters. The average Bonchev–Trinajstić information content (AvgIpc) is 2.37. The number of nitriles is 1. The summed E-state index contributed by atoms with van der Waals surface area (Å²) in [5, 5.41) is 11.8. The number of nitrogens with zero attached hydrogens (tertiary/aromatic N) is 3. The standard InChI is InChI=1S/C12H18N4O2/c1-4-10(5-6-13)14-7-9-8-15(2)12(18)16(3)11(9)17/h8,10,14H,4-5,7H2,1-3H3. The first-order valence-electron chi connectivity index (χ1n) is 5.87. The second-order valence-electron chi connectivity index (χ2n) is 4.26. The number of hydrogen-bond donors (Lipinski definition) is 1. The topological polar surface area (TPSA) is 79.8 Å². The van der Waals surface area contributed by atoms with E-state index in [1.807, 2.05) is 6.92 Å². The van der Waals surface area contributed by atoms with E-state index in [1.165, 1.54) is 17.8 Å². The van der Waals surface area contributed by atoms with Gasteiger partial charge in [0.25, 0.3) is 5.56 Å². The van der Waals surface area contributed by atoms with Crippen molar-refractivity contribution in [2.45, 2.75) is 32.4 Å². The first-order chi connectivity index (χ1) is 8.51. The van der Waals surface area contributed by atoms with E-state index in [1.54, 1.807) is 7.05 Å². The van der Waals surface area contributed by atoms with Gasteiger partial charge in [-0.2, -0.15) is 5.26 Å². The molecule has 0 radical (unpaired) electrons. The summed E-state index contributed by atoms with van der Waals surface area (Å²) >= 11 is 0. The molecule has 1 rings (SSSR count). The molecule has 0 aliphatic heterocycles. The monoisotopic (exact) mass is 250 g/mol. The van der Waals surface area contributed by atoms with Gasteiger partial charge in [-0.3, -0.25) is 9.36 Å². The Hall–Kier alpha value is -1.87. The highest BCUT2D eigenvalue weighted by Gasteiger charge is 2.09. The van der Waals surface area contributed by atoms with Gasteiger partial charge < -0.3 is 9.88 Å². The lowest BCUT2D eigenvalue weighted by atomic mass is 10.1. The van der Waals surface area contributed by atoms with E-state index in [2.05, 4.69) is 11.4 Å². The highest BCUT2D eigenvalue weighted by Crippen LogP contribution is 1.98. The second kappa shape index (κ2) is 6.17. The molecular weight excluding hydrogens is 232 g/mol. The molecule has 1 aromatic rings. The van der Waals surface area contributed by atoms with Crippen molar-refractivity contribution in [3.8, 4) is 6.07 Å². The van der Waals surface area contributed by atoms with E-state index in [9.17, 15) is 9.59 Å². The Morgan fingerprint density at radius 1 is 1.44 bits per heavy atom. The van der Waals surface area contributed by atoms with E-state index < -0.39 is 0 Å². The maximum Gasteiger partial charge on any atom is 0.330 e. The van der Waals surface area contributed by atoms with Crippen LogP contribution in [0.1, 0.15) is 25.3 Å². The van der Waals surface area contributed by atoms with Crippen LogP contribution < -0.4 is 16.6 Å². The molecular formula is C12H18N4O2. The normalized spacial score (nSPS) is 12.1. The van der Waals surface area contributed by atoms with Gasteiger partial charge in [0, 0.05) is 38.4 Å². The van der Waals surface area contributed by atoms with Crippen molar-refractivity contribution in [3.63, 3.8) is 0 Å². The average molecular weight is 250 g/mol. The quantitative estimate of drug-likeness (QED) is 0.789. The van der Waals surface area contributed by atoms with Gasteiger partial charge in [-0.1, -0.05) is 6.92 Å². The Morgan fingerprint density at radius 2 is 2.11 bits per heavy atom. The minimum Gasteiger partial charge on any atom is -0.309 e. The fourth-order valence-corrected chi connectivity index (χ4v) is 1.73.